The van der Waals surface area contributed by atoms with Crippen LogP contribution in [0, 0.1) is 17.8 Å². The van der Waals surface area contributed by atoms with Crippen LogP contribution in [0.25, 0.3) is 0 Å². The Morgan fingerprint density at radius 2 is 1.95 bits per heavy atom. The molecule has 4 heteroatoms. The zero-order valence-electron chi connectivity index (χ0n) is 12.4. The number of nitrogens with one attached hydrogen (secondary N) is 2. The first-order valence-corrected chi connectivity index (χ1v) is 7.32. The number of rotatable bonds is 6. The normalized spacial score (nSPS) is 15.5. The first kappa shape index (κ1) is 14.1. The number of aromatic nitrogens is 2. The third kappa shape index (κ3) is 3.82. The highest BCUT2D eigenvalue weighted by Gasteiger charge is 2.26. The van der Waals surface area contributed by atoms with Gasteiger partial charge in [-0.2, -0.15) is 0 Å². The van der Waals surface area contributed by atoms with Crippen LogP contribution in [0.2, 0.25) is 0 Å². The summed E-state index contributed by atoms with van der Waals surface area (Å²) in [6.07, 6.45) is 2.29. The quantitative estimate of drug-likeness (QED) is 0.829. The zero-order valence-corrected chi connectivity index (χ0v) is 12.4. The SMILES string of the molecule is CC(C)C(CNc1cc(=O)[nH]c(C2CC2)n1)C(C)C. The highest BCUT2D eigenvalue weighted by molar-refractivity contribution is 5.34. The van der Waals surface area contributed by atoms with Crippen molar-refractivity contribution in [2.45, 2.75) is 46.5 Å². The predicted molar refractivity (Wildman–Crippen MR) is 78.5 cm³/mol. The molecule has 1 aliphatic rings. The van der Waals surface area contributed by atoms with Crippen molar-refractivity contribution in [1.82, 2.24) is 9.97 Å². The van der Waals surface area contributed by atoms with Crippen molar-refractivity contribution in [1.29, 1.82) is 0 Å². The van der Waals surface area contributed by atoms with E-state index in [1.807, 2.05) is 0 Å². The molecular weight excluding hydrogens is 238 g/mol. The van der Waals surface area contributed by atoms with Gasteiger partial charge in [0.25, 0.3) is 5.56 Å². The summed E-state index contributed by atoms with van der Waals surface area (Å²) in [5, 5.41) is 3.34. The van der Waals surface area contributed by atoms with E-state index in [2.05, 4.69) is 43.0 Å². The molecule has 0 bridgehead atoms. The molecule has 0 atom stereocenters. The van der Waals surface area contributed by atoms with Crippen molar-refractivity contribution in [3.63, 3.8) is 0 Å². The summed E-state index contributed by atoms with van der Waals surface area (Å²) in [4.78, 5) is 19.0. The Kier molecular flexibility index (Phi) is 4.27. The fourth-order valence-corrected chi connectivity index (χ4v) is 2.58. The van der Waals surface area contributed by atoms with Crippen molar-refractivity contribution in [2.75, 3.05) is 11.9 Å². The number of nitrogens with zero attached hydrogens (tertiary/aromatic N) is 1. The van der Waals surface area contributed by atoms with Crippen molar-refractivity contribution in [2.24, 2.45) is 17.8 Å². The molecule has 0 saturated heterocycles. The highest BCUT2D eigenvalue weighted by Crippen LogP contribution is 2.37. The van der Waals surface area contributed by atoms with Gasteiger partial charge in [-0.15, -0.1) is 0 Å². The van der Waals surface area contributed by atoms with E-state index in [-0.39, 0.29) is 5.56 Å². The molecule has 1 aromatic heterocycles. The largest absolute Gasteiger partial charge is 0.370 e. The molecule has 19 heavy (non-hydrogen) atoms. The van der Waals surface area contributed by atoms with Crippen molar-refractivity contribution in [3.05, 3.63) is 22.2 Å². The summed E-state index contributed by atoms with van der Waals surface area (Å²) < 4.78 is 0. The van der Waals surface area contributed by atoms with Crippen LogP contribution < -0.4 is 10.9 Å². The average Bonchev–Trinajstić information content (AvgIpc) is 3.11. The Morgan fingerprint density at radius 1 is 1.32 bits per heavy atom. The molecule has 1 saturated carbocycles. The van der Waals surface area contributed by atoms with E-state index in [4.69, 9.17) is 0 Å². The van der Waals surface area contributed by atoms with Gasteiger partial charge in [0.2, 0.25) is 0 Å². The number of hydrogen-bond acceptors (Lipinski definition) is 3. The Morgan fingerprint density at radius 3 is 2.47 bits per heavy atom. The maximum absolute atomic E-state index is 11.6. The monoisotopic (exact) mass is 263 g/mol. The zero-order chi connectivity index (χ0) is 14.0. The lowest BCUT2D eigenvalue weighted by molar-refractivity contribution is 0.304. The van der Waals surface area contributed by atoms with Crippen LogP contribution in [0.4, 0.5) is 5.82 Å². The van der Waals surface area contributed by atoms with E-state index in [1.54, 1.807) is 6.07 Å². The van der Waals surface area contributed by atoms with E-state index < -0.39 is 0 Å². The van der Waals surface area contributed by atoms with Gasteiger partial charge in [-0.3, -0.25) is 4.79 Å². The van der Waals surface area contributed by atoms with Crippen molar-refractivity contribution < 1.29 is 0 Å². The van der Waals surface area contributed by atoms with Crippen LogP contribution >= 0.6 is 0 Å². The van der Waals surface area contributed by atoms with Gasteiger partial charge in [-0.25, -0.2) is 4.98 Å². The van der Waals surface area contributed by atoms with Crippen LogP contribution in [-0.4, -0.2) is 16.5 Å². The van der Waals surface area contributed by atoms with E-state index in [0.29, 0.717) is 23.7 Å². The van der Waals surface area contributed by atoms with Gasteiger partial charge in [0.15, 0.2) is 0 Å². The summed E-state index contributed by atoms with van der Waals surface area (Å²) in [6, 6.07) is 1.56. The third-order valence-electron chi connectivity index (χ3n) is 3.96. The lowest BCUT2D eigenvalue weighted by Crippen LogP contribution is -2.25. The highest BCUT2D eigenvalue weighted by atomic mass is 16.1. The second kappa shape index (κ2) is 5.76. The van der Waals surface area contributed by atoms with Crippen LogP contribution in [0.3, 0.4) is 0 Å². The van der Waals surface area contributed by atoms with E-state index >= 15 is 0 Å². The summed E-state index contributed by atoms with van der Waals surface area (Å²) in [5.74, 6) is 3.87. The molecule has 2 rings (SSSR count). The minimum atomic E-state index is -0.0509. The van der Waals surface area contributed by atoms with Crippen LogP contribution in [-0.2, 0) is 0 Å². The predicted octanol–water partition coefficient (Wildman–Crippen LogP) is 2.99. The first-order chi connectivity index (χ1) is 8.97. The standard InChI is InChI=1S/C15H25N3O/c1-9(2)12(10(3)4)8-16-13-7-14(19)18-15(17-13)11-5-6-11/h7,9-12H,5-6,8H2,1-4H3,(H2,16,17,18,19). The number of hydrogen-bond donors (Lipinski definition) is 2. The topological polar surface area (TPSA) is 57.8 Å². The van der Waals surface area contributed by atoms with E-state index in [9.17, 15) is 4.79 Å². The van der Waals surface area contributed by atoms with E-state index in [1.165, 1.54) is 0 Å². The fraction of sp³-hybridized carbons (Fsp3) is 0.733. The van der Waals surface area contributed by atoms with Gasteiger partial charge in [0, 0.05) is 18.5 Å². The minimum Gasteiger partial charge on any atom is -0.370 e. The fourth-order valence-electron chi connectivity index (χ4n) is 2.58. The Bertz CT molecular complexity index is 467. The molecule has 106 valence electrons. The van der Waals surface area contributed by atoms with Gasteiger partial charge >= 0.3 is 0 Å². The van der Waals surface area contributed by atoms with Crippen molar-refractivity contribution in [3.8, 4) is 0 Å². The molecule has 0 spiro atoms. The molecule has 1 aromatic rings. The first-order valence-electron chi connectivity index (χ1n) is 7.32. The maximum atomic E-state index is 11.6. The lowest BCUT2D eigenvalue weighted by atomic mass is 9.85. The molecule has 0 amide bonds. The lowest BCUT2D eigenvalue weighted by Gasteiger charge is -2.25. The minimum absolute atomic E-state index is 0.0509. The second-order valence-corrected chi connectivity index (χ2v) is 6.32. The summed E-state index contributed by atoms with van der Waals surface area (Å²) in [7, 11) is 0. The Hall–Kier alpha value is -1.32. The van der Waals surface area contributed by atoms with Gasteiger partial charge in [-0.1, -0.05) is 27.7 Å². The molecule has 2 N–H and O–H groups in total. The second-order valence-electron chi connectivity index (χ2n) is 6.32. The maximum Gasteiger partial charge on any atom is 0.252 e. The van der Waals surface area contributed by atoms with Gasteiger partial charge in [0.1, 0.15) is 11.6 Å². The number of H-pyrrole nitrogens is 1. The smallest absolute Gasteiger partial charge is 0.252 e. The van der Waals surface area contributed by atoms with Gasteiger partial charge in [0.05, 0.1) is 0 Å². The average molecular weight is 263 g/mol. The summed E-state index contributed by atoms with van der Waals surface area (Å²) in [5.41, 5.74) is -0.0509. The summed E-state index contributed by atoms with van der Waals surface area (Å²) >= 11 is 0. The number of anilines is 1. The van der Waals surface area contributed by atoms with Crippen LogP contribution in [0.15, 0.2) is 10.9 Å². The van der Waals surface area contributed by atoms with Crippen LogP contribution in [0.1, 0.15) is 52.3 Å². The molecule has 0 unspecified atom stereocenters. The van der Waals surface area contributed by atoms with Crippen LogP contribution in [0.5, 0.6) is 0 Å². The van der Waals surface area contributed by atoms with Gasteiger partial charge in [-0.05, 0) is 30.6 Å². The molecule has 1 heterocycles. The van der Waals surface area contributed by atoms with Crippen molar-refractivity contribution >= 4 is 5.82 Å². The van der Waals surface area contributed by atoms with Gasteiger partial charge < -0.3 is 10.3 Å². The molecule has 4 nitrogen and oxygen atoms in total. The Balaban J connectivity index is 2.04. The molecular formula is C15H25N3O. The number of aromatic amines is 1. The molecule has 0 radical (unpaired) electrons. The third-order valence-corrected chi connectivity index (χ3v) is 3.96. The molecule has 1 fully saturated rings. The van der Waals surface area contributed by atoms with E-state index in [0.717, 1.165) is 31.0 Å². The molecule has 0 aliphatic heterocycles. The Labute approximate surface area is 115 Å². The molecule has 0 aromatic carbocycles. The summed E-state index contributed by atoms with van der Waals surface area (Å²) in [6.45, 7) is 9.84. The molecule has 1 aliphatic carbocycles.